The van der Waals surface area contributed by atoms with E-state index in [1.807, 2.05) is 30.9 Å². The van der Waals surface area contributed by atoms with E-state index < -0.39 is 0 Å². The van der Waals surface area contributed by atoms with E-state index in [0.29, 0.717) is 37.2 Å². The molecule has 0 atom stereocenters. The maximum Gasteiger partial charge on any atom is 0.272 e. The molecule has 0 bridgehead atoms. The summed E-state index contributed by atoms with van der Waals surface area (Å²) in [6, 6.07) is 6.50. The lowest BCUT2D eigenvalue weighted by Crippen LogP contribution is -2.50. The smallest absolute Gasteiger partial charge is 0.272 e. The van der Waals surface area contributed by atoms with Gasteiger partial charge >= 0.3 is 0 Å². The lowest BCUT2D eigenvalue weighted by molar-refractivity contribution is -0.123. The van der Waals surface area contributed by atoms with Crippen LogP contribution in [0.2, 0.25) is 5.02 Å². The average Bonchev–Trinajstić information content (AvgIpc) is 2.87. The Kier molecular flexibility index (Phi) is 8.23. The second-order valence-corrected chi connectivity index (χ2v) is 10.1. The highest BCUT2D eigenvalue weighted by Gasteiger charge is 2.32. The number of benzene rings is 1. The molecule has 188 valence electrons. The van der Waals surface area contributed by atoms with E-state index in [1.54, 1.807) is 0 Å². The van der Waals surface area contributed by atoms with Gasteiger partial charge in [0.1, 0.15) is 17.8 Å². The molecule has 3 N–H and O–H groups in total. The highest BCUT2D eigenvalue weighted by molar-refractivity contribution is 6.31. The Bertz CT molecular complexity index is 1060. The van der Waals surface area contributed by atoms with E-state index in [0.717, 1.165) is 61.3 Å². The summed E-state index contributed by atoms with van der Waals surface area (Å²) in [4.78, 5) is 37.8. The first-order valence-electron chi connectivity index (χ1n) is 12.5. The van der Waals surface area contributed by atoms with E-state index in [2.05, 4.69) is 26.3 Å². The Balaban J connectivity index is 1.30. The van der Waals surface area contributed by atoms with E-state index in [1.165, 1.54) is 11.9 Å². The van der Waals surface area contributed by atoms with Crippen molar-refractivity contribution in [2.75, 3.05) is 38.0 Å². The Morgan fingerprint density at radius 3 is 2.46 bits per heavy atom. The zero-order chi connectivity index (χ0) is 24.9. The number of halogens is 1. The summed E-state index contributed by atoms with van der Waals surface area (Å²) >= 11 is 6.12. The molecule has 2 aromatic rings. The summed E-state index contributed by atoms with van der Waals surface area (Å²) in [6.45, 7) is 7.83. The predicted octanol–water partition coefficient (Wildman–Crippen LogP) is 3.20. The maximum absolute atomic E-state index is 13.3. The molecular weight excluding hydrogens is 464 g/mol. The van der Waals surface area contributed by atoms with E-state index in [9.17, 15) is 9.59 Å². The van der Waals surface area contributed by atoms with Gasteiger partial charge in [-0.1, -0.05) is 23.7 Å². The van der Waals surface area contributed by atoms with Gasteiger partial charge < -0.3 is 20.9 Å². The fraction of sp³-hybridized carbons (Fsp3) is 0.538. The first kappa shape index (κ1) is 25.4. The van der Waals surface area contributed by atoms with E-state index in [4.69, 9.17) is 17.3 Å². The highest BCUT2D eigenvalue weighted by atomic mass is 35.5. The molecule has 2 saturated heterocycles. The molecule has 2 fully saturated rings. The summed E-state index contributed by atoms with van der Waals surface area (Å²) in [5.41, 5.74) is 8.97. The lowest BCUT2D eigenvalue weighted by Gasteiger charge is -2.41. The van der Waals surface area contributed by atoms with Crippen LogP contribution in [0.4, 0.5) is 5.82 Å². The van der Waals surface area contributed by atoms with Gasteiger partial charge in [-0.3, -0.25) is 9.59 Å². The second-order valence-electron chi connectivity index (χ2n) is 9.69. The third-order valence-corrected chi connectivity index (χ3v) is 7.84. The number of rotatable bonds is 7. The van der Waals surface area contributed by atoms with E-state index >= 15 is 0 Å². The summed E-state index contributed by atoms with van der Waals surface area (Å²) in [6.07, 6.45) is 5.83. The third-order valence-electron chi connectivity index (χ3n) is 7.42. The molecule has 2 amide bonds. The average molecular weight is 499 g/mol. The molecule has 0 radical (unpaired) electrons. The van der Waals surface area contributed by atoms with Crippen LogP contribution >= 0.6 is 11.6 Å². The molecule has 0 aliphatic carbocycles. The number of anilines is 1. The summed E-state index contributed by atoms with van der Waals surface area (Å²) in [7, 11) is 0. The van der Waals surface area contributed by atoms with Gasteiger partial charge in [0.15, 0.2) is 0 Å². The van der Waals surface area contributed by atoms with Crippen LogP contribution in [0.5, 0.6) is 0 Å². The highest BCUT2D eigenvalue weighted by Crippen LogP contribution is 2.25. The van der Waals surface area contributed by atoms with Crippen LogP contribution in [0.3, 0.4) is 0 Å². The topological polar surface area (TPSA) is 104 Å². The molecule has 2 aliphatic rings. The van der Waals surface area contributed by atoms with Crippen LogP contribution < -0.4 is 11.1 Å². The number of aromatic nitrogens is 2. The predicted molar refractivity (Wildman–Crippen MR) is 138 cm³/mol. The van der Waals surface area contributed by atoms with Crippen molar-refractivity contribution in [1.82, 2.24) is 19.8 Å². The van der Waals surface area contributed by atoms with Crippen molar-refractivity contribution in [3.8, 4) is 0 Å². The summed E-state index contributed by atoms with van der Waals surface area (Å²) in [5.74, 6) is 0.486. The van der Waals surface area contributed by atoms with Gasteiger partial charge in [0, 0.05) is 42.2 Å². The van der Waals surface area contributed by atoms with Crippen molar-refractivity contribution in [2.24, 2.45) is 11.7 Å². The van der Waals surface area contributed by atoms with Crippen LogP contribution in [-0.2, 0) is 11.2 Å². The first-order chi connectivity index (χ1) is 16.8. The Hall–Kier alpha value is -2.71. The number of carbonyl (C=O) groups is 2. The molecule has 0 unspecified atom stereocenters. The van der Waals surface area contributed by atoms with Crippen molar-refractivity contribution in [3.63, 3.8) is 0 Å². The Labute approximate surface area is 212 Å². The van der Waals surface area contributed by atoms with Gasteiger partial charge in [0.05, 0.1) is 0 Å². The summed E-state index contributed by atoms with van der Waals surface area (Å²) in [5, 5.41) is 4.13. The second kappa shape index (κ2) is 11.4. The molecule has 4 rings (SSSR count). The van der Waals surface area contributed by atoms with Crippen LogP contribution in [0.15, 0.2) is 24.5 Å². The first-order valence-corrected chi connectivity index (χ1v) is 12.8. The number of hydrogen-bond acceptors (Lipinski definition) is 6. The molecule has 35 heavy (non-hydrogen) atoms. The zero-order valence-electron chi connectivity index (χ0n) is 20.6. The number of nitrogens with one attached hydrogen (secondary N) is 1. The quantitative estimate of drug-likeness (QED) is 0.607. The SMILES string of the molecule is Cc1cc(CCNc2ncnc(C(=O)N3CCC(N4CCC(C(N)=O)CC4)CC3)c2C)ccc1Cl. The number of primary amides is 1. The van der Waals surface area contributed by atoms with Crippen molar-refractivity contribution in [2.45, 2.75) is 52.0 Å². The minimum Gasteiger partial charge on any atom is -0.369 e. The van der Waals surface area contributed by atoms with Gasteiger partial charge in [0.25, 0.3) is 5.91 Å². The van der Waals surface area contributed by atoms with Crippen molar-refractivity contribution in [1.29, 1.82) is 0 Å². The molecule has 1 aromatic carbocycles. The van der Waals surface area contributed by atoms with Crippen LogP contribution in [0, 0.1) is 19.8 Å². The van der Waals surface area contributed by atoms with Gasteiger partial charge in [-0.15, -0.1) is 0 Å². The molecule has 1 aromatic heterocycles. The van der Waals surface area contributed by atoms with E-state index in [-0.39, 0.29) is 17.7 Å². The van der Waals surface area contributed by atoms with Crippen LogP contribution in [-0.4, -0.2) is 70.3 Å². The van der Waals surface area contributed by atoms with Crippen LogP contribution in [0.1, 0.15) is 52.9 Å². The van der Waals surface area contributed by atoms with Crippen molar-refractivity contribution < 1.29 is 9.59 Å². The monoisotopic (exact) mass is 498 g/mol. The molecular formula is C26H35ClN6O2. The van der Waals surface area contributed by atoms with Crippen molar-refractivity contribution in [3.05, 3.63) is 51.9 Å². The number of amides is 2. The number of likely N-dealkylation sites (tertiary alicyclic amines) is 2. The van der Waals surface area contributed by atoms with Crippen molar-refractivity contribution >= 4 is 29.2 Å². The standard InChI is InChI=1S/C26H35ClN6O2/c1-17-15-19(3-4-22(17)27)5-10-29-25-18(2)23(30-16-31-25)26(35)33-13-8-21(9-14-33)32-11-6-20(7-12-32)24(28)34/h3-4,15-16,20-21H,5-14H2,1-2H3,(H2,28,34)(H,29,30,31). The largest absolute Gasteiger partial charge is 0.369 e. The fourth-order valence-electron chi connectivity index (χ4n) is 5.16. The number of hydrogen-bond donors (Lipinski definition) is 2. The number of carbonyl (C=O) groups excluding carboxylic acids is 2. The molecule has 3 heterocycles. The number of piperidine rings is 2. The molecule has 8 nitrogen and oxygen atoms in total. The summed E-state index contributed by atoms with van der Waals surface area (Å²) < 4.78 is 0. The third kappa shape index (κ3) is 6.11. The van der Waals surface area contributed by atoms with Gasteiger partial charge in [-0.25, -0.2) is 9.97 Å². The minimum atomic E-state index is -0.181. The van der Waals surface area contributed by atoms with Gasteiger partial charge in [-0.2, -0.15) is 0 Å². The molecule has 0 spiro atoms. The normalized spacial score (nSPS) is 18.0. The van der Waals surface area contributed by atoms with Gasteiger partial charge in [0.2, 0.25) is 5.91 Å². The Morgan fingerprint density at radius 2 is 1.80 bits per heavy atom. The fourth-order valence-corrected chi connectivity index (χ4v) is 5.28. The number of aryl methyl sites for hydroxylation is 1. The number of nitrogens with two attached hydrogens (primary N) is 1. The minimum absolute atomic E-state index is 0.00627. The molecule has 9 heteroatoms. The Morgan fingerprint density at radius 1 is 1.09 bits per heavy atom. The number of nitrogens with zero attached hydrogens (tertiary/aromatic N) is 4. The lowest BCUT2D eigenvalue weighted by atomic mass is 9.93. The molecule has 2 aliphatic heterocycles. The van der Waals surface area contributed by atoms with Crippen LogP contribution in [0.25, 0.3) is 0 Å². The maximum atomic E-state index is 13.3. The van der Waals surface area contributed by atoms with Gasteiger partial charge in [-0.05, 0) is 76.2 Å². The molecule has 0 saturated carbocycles. The zero-order valence-corrected chi connectivity index (χ0v) is 21.4.